The van der Waals surface area contributed by atoms with Gasteiger partial charge in [-0.05, 0) is 85.8 Å². The second-order valence-electron chi connectivity index (χ2n) is 15.2. The van der Waals surface area contributed by atoms with Crippen molar-refractivity contribution in [3.8, 4) is 22.3 Å². The van der Waals surface area contributed by atoms with E-state index in [0.717, 1.165) is 55.4 Å². The van der Waals surface area contributed by atoms with Gasteiger partial charge in [0.1, 0.15) is 29.3 Å². The number of fused-ring (bicyclic) bond motifs is 8. The first-order valence-electron chi connectivity index (χ1n) is 19.7. The van der Waals surface area contributed by atoms with E-state index < -0.39 is 0 Å². The molecule has 1 aliphatic rings. The minimum atomic E-state index is -0.318. The van der Waals surface area contributed by atoms with Gasteiger partial charge in [-0.2, -0.15) is 0 Å². The molecule has 11 aromatic rings. The van der Waals surface area contributed by atoms with Crippen LogP contribution in [0.4, 0.5) is 0 Å². The Kier molecular flexibility index (Phi) is 7.58. The summed E-state index contributed by atoms with van der Waals surface area (Å²) in [5, 5.41) is 17.3. The molecule has 2 atom stereocenters. The van der Waals surface area contributed by atoms with Crippen molar-refractivity contribution < 1.29 is 4.42 Å². The van der Waals surface area contributed by atoms with Crippen LogP contribution in [0.15, 0.2) is 197 Å². The van der Waals surface area contributed by atoms with Gasteiger partial charge in [0.05, 0.1) is 0 Å². The predicted molar refractivity (Wildman–Crippen MR) is 244 cm³/mol. The normalized spacial score (nSPS) is 15.8. The molecule has 12 rings (SSSR count). The van der Waals surface area contributed by atoms with Gasteiger partial charge in [-0.15, -0.1) is 11.3 Å². The highest BCUT2D eigenvalue weighted by Gasteiger charge is 2.29. The van der Waals surface area contributed by atoms with E-state index in [0.29, 0.717) is 0 Å². The van der Waals surface area contributed by atoms with E-state index in [9.17, 15) is 0 Å². The third-order valence-corrected chi connectivity index (χ3v) is 12.9. The molecule has 0 spiro atoms. The fourth-order valence-electron chi connectivity index (χ4n) is 8.84. The largest absolute Gasteiger partial charge is 0.456 e. The number of nitrogens with zero attached hydrogens (tertiary/aromatic N) is 1. The van der Waals surface area contributed by atoms with Crippen LogP contribution < -0.4 is 10.6 Å². The van der Waals surface area contributed by atoms with Crippen molar-refractivity contribution in [1.82, 2.24) is 10.6 Å². The van der Waals surface area contributed by atoms with Gasteiger partial charge in [0, 0.05) is 42.1 Å². The molecule has 4 nitrogen and oxygen atoms in total. The number of thiophene rings is 1. The molecule has 274 valence electrons. The Morgan fingerprint density at radius 3 is 2.02 bits per heavy atom. The maximum Gasteiger partial charge on any atom is 0.136 e. The first kappa shape index (κ1) is 33.1. The van der Waals surface area contributed by atoms with E-state index in [1.807, 2.05) is 11.3 Å². The number of nitrogens with one attached hydrogen (secondary N) is 2. The number of hydrogen-bond donors (Lipinski definition) is 2. The second-order valence-corrected chi connectivity index (χ2v) is 16.2. The minimum Gasteiger partial charge on any atom is -0.456 e. The van der Waals surface area contributed by atoms with Gasteiger partial charge >= 0.3 is 0 Å². The number of amidine groups is 1. The predicted octanol–water partition coefficient (Wildman–Crippen LogP) is 13.9. The van der Waals surface area contributed by atoms with E-state index in [-0.39, 0.29) is 12.3 Å². The fourth-order valence-corrected chi connectivity index (χ4v) is 10.1. The zero-order valence-corrected chi connectivity index (χ0v) is 32.1. The summed E-state index contributed by atoms with van der Waals surface area (Å²) in [5.41, 5.74) is 9.66. The smallest absolute Gasteiger partial charge is 0.136 e. The van der Waals surface area contributed by atoms with Crippen molar-refractivity contribution in [3.05, 3.63) is 205 Å². The molecular formula is C53H35N3OS. The lowest BCUT2D eigenvalue weighted by Gasteiger charge is -2.33. The lowest BCUT2D eigenvalue weighted by atomic mass is 9.94. The van der Waals surface area contributed by atoms with Crippen molar-refractivity contribution in [3.63, 3.8) is 0 Å². The van der Waals surface area contributed by atoms with Crippen LogP contribution in [0.25, 0.3) is 85.9 Å². The van der Waals surface area contributed by atoms with E-state index >= 15 is 0 Å². The quantitative estimate of drug-likeness (QED) is 0.184. The van der Waals surface area contributed by atoms with Crippen LogP contribution in [0.5, 0.6) is 0 Å². The molecule has 2 aromatic heterocycles. The monoisotopic (exact) mass is 761 g/mol. The van der Waals surface area contributed by atoms with E-state index in [4.69, 9.17) is 9.41 Å². The van der Waals surface area contributed by atoms with Crippen LogP contribution in [0, 0.1) is 0 Å². The summed E-state index contributed by atoms with van der Waals surface area (Å²) in [5.74, 6) is 0.843. The molecule has 58 heavy (non-hydrogen) atoms. The Morgan fingerprint density at radius 2 is 1.17 bits per heavy atom. The lowest BCUT2D eigenvalue weighted by molar-refractivity contribution is 0.411. The summed E-state index contributed by atoms with van der Waals surface area (Å²) in [7, 11) is 0. The van der Waals surface area contributed by atoms with Crippen LogP contribution in [0.1, 0.15) is 29.0 Å². The van der Waals surface area contributed by atoms with E-state index in [1.165, 1.54) is 53.0 Å². The average molecular weight is 762 g/mol. The molecule has 0 radical (unpaired) electrons. The van der Waals surface area contributed by atoms with E-state index in [2.05, 4.69) is 199 Å². The van der Waals surface area contributed by atoms with Crippen molar-refractivity contribution >= 4 is 80.8 Å². The van der Waals surface area contributed by atoms with Crippen molar-refractivity contribution in [2.75, 3.05) is 0 Å². The Balaban J connectivity index is 1.07. The number of hydrogen-bond acceptors (Lipinski definition) is 5. The third kappa shape index (κ3) is 5.51. The van der Waals surface area contributed by atoms with Gasteiger partial charge in [0.2, 0.25) is 0 Å². The summed E-state index contributed by atoms with van der Waals surface area (Å²) in [6.45, 7) is 0. The highest BCUT2D eigenvalue weighted by atomic mass is 32.1. The summed E-state index contributed by atoms with van der Waals surface area (Å²) in [4.78, 5) is 5.40. The molecule has 5 heteroatoms. The van der Waals surface area contributed by atoms with Gasteiger partial charge < -0.3 is 9.73 Å². The minimum absolute atomic E-state index is 0.311. The molecule has 0 fully saturated rings. The summed E-state index contributed by atoms with van der Waals surface area (Å²) >= 11 is 1.85. The molecular weight excluding hydrogens is 727 g/mol. The summed E-state index contributed by atoms with van der Waals surface area (Å²) < 4.78 is 9.43. The molecule has 0 saturated heterocycles. The maximum atomic E-state index is 6.87. The molecule has 3 heterocycles. The van der Waals surface area contributed by atoms with Crippen molar-refractivity contribution in [2.45, 2.75) is 12.3 Å². The van der Waals surface area contributed by atoms with Gasteiger partial charge in [-0.1, -0.05) is 152 Å². The molecule has 0 saturated carbocycles. The Hall–Kier alpha value is -7.05. The number of furan rings is 1. The molecule has 2 N–H and O–H groups in total. The van der Waals surface area contributed by atoms with Gasteiger partial charge in [-0.25, -0.2) is 4.99 Å². The summed E-state index contributed by atoms with van der Waals surface area (Å²) in [6.07, 6.45) is -0.629. The maximum absolute atomic E-state index is 6.87. The second kappa shape index (κ2) is 13.3. The summed E-state index contributed by atoms with van der Waals surface area (Å²) in [6, 6.07) is 67.4. The van der Waals surface area contributed by atoms with Gasteiger partial charge in [-0.3, -0.25) is 5.32 Å². The van der Waals surface area contributed by atoms with Crippen LogP contribution in [0.3, 0.4) is 0 Å². The molecule has 9 aromatic carbocycles. The third-order valence-electron chi connectivity index (χ3n) is 11.7. The SMILES string of the molecule is c1ccc(-c2ccc(C3N=C(c4ccc5ccccc5c4)NC(c4cc(-c5cccc6c5sc5ccccc56)cc5oc6cc7ccccc7cc6c45)N3)cc2)cc1. The molecule has 2 unspecified atom stereocenters. The number of benzene rings is 9. The Labute approximate surface area is 338 Å². The van der Waals surface area contributed by atoms with Gasteiger partial charge in [0.25, 0.3) is 0 Å². The Morgan fingerprint density at radius 1 is 0.483 bits per heavy atom. The van der Waals surface area contributed by atoms with Crippen LogP contribution in [-0.2, 0) is 0 Å². The van der Waals surface area contributed by atoms with Crippen molar-refractivity contribution in [1.29, 1.82) is 0 Å². The first-order chi connectivity index (χ1) is 28.7. The van der Waals surface area contributed by atoms with Crippen molar-refractivity contribution in [2.24, 2.45) is 4.99 Å². The number of rotatable bonds is 5. The van der Waals surface area contributed by atoms with Crippen LogP contribution in [-0.4, -0.2) is 5.84 Å². The van der Waals surface area contributed by atoms with Crippen LogP contribution >= 0.6 is 11.3 Å². The molecule has 0 aliphatic carbocycles. The molecule has 0 bridgehead atoms. The van der Waals surface area contributed by atoms with Gasteiger partial charge in [0.15, 0.2) is 0 Å². The zero-order valence-electron chi connectivity index (χ0n) is 31.3. The van der Waals surface area contributed by atoms with E-state index in [1.54, 1.807) is 0 Å². The topological polar surface area (TPSA) is 49.6 Å². The highest BCUT2D eigenvalue weighted by Crippen LogP contribution is 2.44. The number of aliphatic imine (C=N–C) groups is 1. The lowest BCUT2D eigenvalue weighted by Crippen LogP contribution is -2.45. The zero-order chi connectivity index (χ0) is 38.2. The highest BCUT2D eigenvalue weighted by molar-refractivity contribution is 7.26. The first-order valence-corrected chi connectivity index (χ1v) is 20.6. The van der Waals surface area contributed by atoms with Crippen LogP contribution in [0.2, 0.25) is 0 Å². The average Bonchev–Trinajstić information content (AvgIpc) is 3.86. The molecule has 1 aliphatic heterocycles. The Bertz CT molecular complexity index is 3420. The standard InChI is InChI=1S/C53H35N3OS/c1-2-11-32(12-3-1)34-21-24-35(25-22-34)51-54-52(39-26-23-33-13-4-5-14-36(33)27-39)56-53(55-51)45-29-40(41-18-10-19-43-42-17-8-9-20-48(42)58-50(41)43)31-47-49(45)44-28-37-15-6-7-16-38(37)30-46(44)57-47/h1-31,51,53,55H,(H,54,56). The fraction of sp³-hybridized carbons (Fsp3) is 0.0377. The molecule has 0 amide bonds.